The number of nitrogens with zero attached hydrogens (tertiary/aromatic N) is 2. The molecule has 1 aliphatic heterocycles. The molecule has 0 aliphatic carbocycles. The Morgan fingerprint density at radius 2 is 2.00 bits per heavy atom. The summed E-state index contributed by atoms with van der Waals surface area (Å²) >= 11 is 0. The molecule has 0 saturated heterocycles. The molecule has 26 heavy (non-hydrogen) atoms. The van der Waals surface area contributed by atoms with E-state index in [9.17, 15) is 9.18 Å². The van der Waals surface area contributed by atoms with E-state index in [0.717, 1.165) is 24.1 Å². The molecular weight excluding hydrogens is 327 g/mol. The first-order valence-electron chi connectivity index (χ1n) is 9.04. The highest BCUT2D eigenvalue weighted by Gasteiger charge is 2.13. The largest absolute Gasteiger partial charge is 0.374 e. The molecule has 0 atom stereocenters. The summed E-state index contributed by atoms with van der Waals surface area (Å²) in [5.41, 5.74) is 4.71. The number of hydrogen-bond acceptors (Lipinski definition) is 2. The molecular formula is C22H25FN2O. The van der Waals surface area contributed by atoms with E-state index < -0.39 is 0 Å². The number of halogens is 1. The van der Waals surface area contributed by atoms with Gasteiger partial charge in [0.05, 0.1) is 0 Å². The number of carbonyl (C=O) groups excluding carboxylic acids is 1. The fourth-order valence-corrected chi connectivity index (χ4v) is 3.26. The molecule has 0 unspecified atom stereocenters. The number of anilines is 1. The Hall–Kier alpha value is -2.62. The van der Waals surface area contributed by atoms with Crippen LogP contribution in [0.2, 0.25) is 0 Å². The van der Waals surface area contributed by atoms with Crippen LogP contribution in [0.5, 0.6) is 0 Å². The summed E-state index contributed by atoms with van der Waals surface area (Å²) in [5, 5.41) is 0. The lowest BCUT2D eigenvalue weighted by Gasteiger charge is -2.27. The van der Waals surface area contributed by atoms with E-state index in [-0.39, 0.29) is 11.7 Å². The van der Waals surface area contributed by atoms with Crippen molar-refractivity contribution in [2.75, 3.05) is 32.1 Å². The lowest BCUT2D eigenvalue weighted by Crippen LogP contribution is -2.27. The minimum Gasteiger partial charge on any atom is -0.374 e. The van der Waals surface area contributed by atoms with Gasteiger partial charge in [-0.3, -0.25) is 4.79 Å². The van der Waals surface area contributed by atoms with Gasteiger partial charge in [-0.25, -0.2) is 4.39 Å². The normalized spacial score (nSPS) is 13.7. The van der Waals surface area contributed by atoms with Gasteiger partial charge in [-0.15, -0.1) is 0 Å². The molecule has 2 aromatic carbocycles. The summed E-state index contributed by atoms with van der Waals surface area (Å²) in [6.07, 6.45) is 6.47. The van der Waals surface area contributed by atoms with Crippen molar-refractivity contribution in [1.82, 2.24) is 4.90 Å². The Bertz CT molecular complexity index is 798. The highest BCUT2D eigenvalue weighted by atomic mass is 19.1. The minimum absolute atomic E-state index is 0.0260. The Morgan fingerprint density at radius 1 is 1.23 bits per heavy atom. The predicted molar refractivity (Wildman–Crippen MR) is 105 cm³/mol. The molecule has 1 amide bonds. The zero-order valence-corrected chi connectivity index (χ0v) is 15.4. The molecule has 136 valence electrons. The highest BCUT2D eigenvalue weighted by molar-refractivity contribution is 5.91. The van der Waals surface area contributed by atoms with Gasteiger partial charge in [0.15, 0.2) is 0 Å². The van der Waals surface area contributed by atoms with Crippen molar-refractivity contribution < 1.29 is 9.18 Å². The number of aryl methyl sites for hydroxylation is 1. The van der Waals surface area contributed by atoms with Gasteiger partial charge in [0.1, 0.15) is 5.82 Å². The number of likely N-dealkylation sites (N-methyl/N-ethyl adjacent to an activating group) is 1. The molecule has 0 bridgehead atoms. The van der Waals surface area contributed by atoms with Crippen LogP contribution < -0.4 is 4.90 Å². The fourth-order valence-electron chi connectivity index (χ4n) is 3.26. The standard InChI is InChI=1S/C22H25FN2O/c1-24-14-3-4-19-16-18(7-11-21(19)24)8-12-22(26)25(2)15-13-17-5-9-20(23)10-6-17/h5-12,16H,3-4,13-15H2,1-2H3/b12-8+. The van der Waals surface area contributed by atoms with Crippen LogP contribution in [0.1, 0.15) is 23.1 Å². The van der Waals surface area contributed by atoms with E-state index in [4.69, 9.17) is 0 Å². The van der Waals surface area contributed by atoms with Crippen molar-refractivity contribution >= 4 is 17.7 Å². The van der Waals surface area contributed by atoms with E-state index in [0.29, 0.717) is 13.0 Å². The summed E-state index contributed by atoms with van der Waals surface area (Å²) in [6, 6.07) is 12.8. The maximum absolute atomic E-state index is 12.9. The van der Waals surface area contributed by atoms with Gasteiger partial charge in [0.2, 0.25) is 5.91 Å². The molecule has 2 aromatic rings. The molecule has 0 saturated carbocycles. The van der Waals surface area contributed by atoms with Crippen LogP contribution in [0, 0.1) is 5.82 Å². The van der Waals surface area contributed by atoms with Gasteiger partial charge in [-0.2, -0.15) is 0 Å². The third kappa shape index (κ3) is 4.51. The van der Waals surface area contributed by atoms with E-state index in [2.05, 4.69) is 30.1 Å². The van der Waals surface area contributed by atoms with Crippen LogP contribution in [0.4, 0.5) is 10.1 Å². The van der Waals surface area contributed by atoms with Gasteiger partial charge in [0.25, 0.3) is 0 Å². The second-order valence-electron chi connectivity index (χ2n) is 6.88. The molecule has 0 N–H and O–H groups in total. The zero-order valence-electron chi connectivity index (χ0n) is 15.4. The van der Waals surface area contributed by atoms with Gasteiger partial charge in [-0.05, 0) is 66.3 Å². The van der Waals surface area contributed by atoms with Crippen molar-refractivity contribution in [3.8, 4) is 0 Å². The van der Waals surface area contributed by atoms with Gasteiger partial charge >= 0.3 is 0 Å². The smallest absolute Gasteiger partial charge is 0.246 e. The zero-order chi connectivity index (χ0) is 18.5. The summed E-state index contributed by atoms with van der Waals surface area (Å²) in [4.78, 5) is 16.3. The lowest BCUT2D eigenvalue weighted by atomic mass is 9.99. The van der Waals surface area contributed by atoms with Crippen LogP contribution in [0.15, 0.2) is 48.5 Å². The topological polar surface area (TPSA) is 23.6 Å². The van der Waals surface area contributed by atoms with Gasteiger partial charge in [0, 0.05) is 38.9 Å². The number of rotatable bonds is 5. The Labute approximate surface area is 154 Å². The second kappa shape index (κ2) is 8.17. The molecule has 0 aromatic heterocycles. The third-order valence-corrected chi connectivity index (χ3v) is 4.90. The maximum atomic E-state index is 12.9. The van der Waals surface area contributed by atoms with Crippen LogP contribution in [0.3, 0.4) is 0 Å². The Kier molecular flexibility index (Phi) is 5.71. The molecule has 0 spiro atoms. The summed E-state index contributed by atoms with van der Waals surface area (Å²) < 4.78 is 12.9. The van der Waals surface area contributed by atoms with Crippen molar-refractivity contribution in [1.29, 1.82) is 0 Å². The van der Waals surface area contributed by atoms with E-state index in [1.807, 2.05) is 6.08 Å². The molecule has 0 radical (unpaired) electrons. The number of benzene rings is 2. The van der Waals surface area contributed by atoms with E-state index in [1.54, 1.807) is 30.2 Å². The van der Waals surface area contributed by atoms with Gasteiger partial charge in [-0.1, -0.05) is 18.2 Å². The van der Waals surface area contributed by atoms with Crippen molar-refractivity contribution in [2.45, 2.75) is 19.3 Å². The second-order valence-corrected chi connectivity index (χ2v) is 6.88. The first-order chi connectivity index (χ1) is 12.5. The molecule has 3 rings (SSSR count). The Balaban J connectivity index is 1.57. The monoisotopic (exact) mass is 352 g/mol. The van der Waals surface area contributed by atoms with Crippen LogP contribution in [-0.4, -0.2) is 38.0 Å². The fraction of sp³-hybridized carbons (Fsp3) is 0.318. The average Bonchev–Trinajstić information content (AvgIpc) is 2.65. The van der Waals surface area contributed by atoms with E-state index >= 15 is 0 Å². The summed E-state index contributed by atoms with van der Waals surface area (Å²) in [6.45, 7) is 1.70. The molecule has 1 heterocycles. The number of fused-ring (bicyclic) bond motifs is 1. The number of carbonyl (C=O) groups is 1. The first kappa shape index (κ1) is 18.2. The van der Waals surface area contributed by atoms with Crippen LogP contribution in [-0.2, 0) is 17.6 Å². The Morgan fingerprint density at radius 3 is 2.77 bits per heavy atom. The summed E-state index contributed by atoms with van der Waals surface area (Å²) in [7, 11) is 3.91. The minimum atomic E-state index is -0.239. The maximum Gasteiger partial charge on any atom is 0.246 e. The number of hydrogen-bond donors (Lipinski definition) is 0. The predicted octanol–water partition coefficient (Wildman–Crippen LogP) is 3.92. The average molecular weight is 352 g/mol. The number of amides is 1. The van der Waals surface area contributed by atoms with Gasteiger partial charge < -0.3 is 9.80 Å². The van der Waals surface area contributed by atoms with Crippen molar-refractivity contribution in [3.05, 3.63) is 71.0 Å². The summed E-state index contributed by atoms with van der Waals surface area (Å²) in [5.74, 6) is -0.265. The third-order valence-electron chi connectivity index (χ3n) is 4.90. The molecule has 0 fully saturated rings. The molecule has 3 nitrogen and oxygen atoms in total. The molecule has 1 aliphatic rings. The van der Waals surface area contributed by atoms with Crippen LogP contribution in [0.25, 0.3) is 6.08 Å². The quantitative estimate of drug-likeness (QED) is 0.762. The lowest BCUT2D eigenvalue weighted by molar-refractivity contribution is -0.124. The van der Waals surface area contributed by atoms with Crippen molar-refractivity contribution in [3.63, 3.8) is 0 Å². The molecule has 4 heteroatoms. The van der Waals surface area contributed by atoms with Crippen LogP contribution >= 0.6 is 0 Å². The first-order valence-corrected chi connectivity index (χ1v) is 9.04. The van der Waals surface area contributed by atoms with E-state index in [1.165, 1.54) is 29.8 Å². The highest BCUT2D eigenvalue weighted by Crippen LogP contribution is 2.27. The van der Waals surface area contributed by atoms with Crippen molar-refractivity contribution in [2.24, 2.45) is 0 Å². The SMILES string of the molecule is CN(CCc1ccc(F)cc1)C(=O)/C=C/c1ccc2c(c1)CCCN2C.